The maximum absolute atomic E-state index is 5.14. The van der Waals surface area contributed by atoms with Gasteiger partial charge in [-0.05, 0) is 57.3 Å². The molecule has 1 aromatic heterocycles. The summed E-state index contributed by atoms with van der Waals surface area (Å²) in [5.74, 6) is 1.59. The average Bonchev–Trinajstić information content (AvgIpc) is 3.50. The molecular formula is C24H37IN6. The third kappa shape index (κ3) is 6.00. The van der Waals surface area contributed by atoms with E-state index in [1.165, 1.54) is 42.6 Å². The van der Waals surface area contributed by atoms with E-state index in [9.17, 15) is 0 Å². The fraction of sp³-hybridized carbons (Fsp3) is 0.583. The van der Waals surface area contributed by atoms with Crippen molar-refractivity contribution in [1.29, 1.82) is 0 Å². The van der Waals surface area contributed by atoms with Crippen LogP contribution in [0.1, 0.15) is 54.8 Å². The molecule has 6 nitrogen and oxygen atoms in total. The number of aromatic nitrogens is 2. The summed E-state index contributed by atoms with van der Waals surface area (Å²) in [6.07, 6.45) is 7.91. The van der Waals surface area contributed by atoms with Crippen LogP contribution in [0.2, 0.25) is 0 Å². The number of nitrogens with zero attached hydrogens (tertiary/aromatic N) is 5. The van der Waals surface area contributed by atoms with E-state index < -0.39 is 0 Å². The second-order valence-electron chi connectivity index (χ2n) is 8.74. The lowest BCUT2D eigenvalue weighted by molar-refractivity contribution is 0.251. The first-order valence-corrected chi connectivity index (χ1v) is 11.5. The number of hydrogen-bond donors (Lipinski definition) is 1. The Bertz CT molecular complexity index is 840. The van der Waals surface area contributed by atoms with Gasteiger partial charge in [0, 0.05) is 38.8 Å². The van der Waals surface area contributed by atoms with Gasteiger partial charge in [-0.2, -0.15) is 5.10 Å². The quantitative estimate of drug-likeness (QED) is 0.345. The normalized spacial score (nSPS) is 20.7. The molecule has 0 radical (unpaired) electrons. The van der Waals surface area contributed by atoms with Gasteiger partial charge in [0.25, 0.3) is 0 Å². The molecule has 2 aromatic rings. The van der Waals surface area contributed by atoms with Crippen LogP contribution < -0.4 is 5.32 Å². The Balaban J connectivity index is 0.00000272. The van der Waals surface area contributed by atoms with Crippen LogP contribution in [-0.4, -0.2) is 64.8 Å². The Morgan fingerprint density at radius 3 is 2.58 bits per heavy atom. The summed E-state index contributed by atoms with van der Waals surface area (Å²) in [6, 6.07) is 9.39. The van der Waals surface area contributed by atoms with E-state index in [1.807, 2.05) is 17.9 Å². The van der Waals surface area contributed by atoms with Crippen molar-refractivity contribution in [1.82, 2.24) is 24.9 Å². The summed E-state index contributed by atoms with van der Waals surface area (Å²) < 4.78 is 1.90. The van der Waals surface area contributed by atoms with Crippen molar-refractivity contribution in [3.8, 4) is 0 Å². The molecular weight excluding hydrogens is 499 g/mol. The molecule has 2 fully saturated rings. The molecule has 0 spiro atoms. The van der Waals surface area contributed by atoms with Gasteiger partial charge in [-0.3, -0.25) is 14.6 Å². The smallest absolute Gasteiger partial charge is 0.194 e. The molecule has 2 aliphatic rings. The molecule has 170 valence electrons. The van der Waals surface area contributed by atoms with Crippen molar-refractivity contribution in [2.24, 2.45) is 12.0 Å². The summed E-state index contributed by atoms with van der Waals surface area (Å²) in [7, 11) is 1.99. The number of aliphatic imine (C=N–C) groups is 1. The van der Waals surface area contributed by atoms with Gasteiger partial charge in [-0.25, -0.2) is 0 Å². The Hall–Kier alpha value is -1.61. The third-order valence-corrected chi connectivity index (χ3v) is 6.48. The van der Waals surface area contributed by atoms with Crippen molar-refractivity contribution in [3.63, 3.8) is 0 Å². The topological polar surface area (TPSA) is 48.7 Å². The summed E-state index contributed by atoms with van der Waals surface area (Å²) in [4.78, 5) is 10.2. The van der Waals surface area contributed by atoms with Crippen molar-refractivity contribution in [3.05, 3.63) is 53.3 Å². The Morgan fingerprint density at radius 2 is 1.94 bits per heavy atom. The molecule has 0 amide bonds. The molecule has 1 aromatic carbocycles. The first-order valence-electron chi connectivity index (χ1n) is 11.5. The highest BCUT2D eigenvalue weighted by Crippen LogP contribution is 2.28. The van der Waals surface area contributed by atoms with E-state index in [1.54, 1.807) is 0 Å². The van der Waals surface area contributed by atoms with Crippen molar-refractivity contribution in [2.45, 2.75) is 45.1 Å². The van der Waals surface area contributed by atoms with E-state index >= 15 is 0 Å². The number of likely N-dealkylation sites (tertiary alicyclic amines) is 2. The monoisotopic (exact) mass is 536 g/mol. The van der Waals surface area contributed by atoms with Crippen LogP contribution in [0.5, 0.6) is 0 Å². The maximum Gasteiger partial charge on any atom is 0.194 e. The Morgan fingerprint density at radius 1 is 1.19 bits per heavy atom. The number of nitrogens with one attached hydrogen (secondary N) is 1. The molecule has 1 N–H and O–H groups in total. The van der Waals surface area contributed by atoms with Crippen LogP contribution in [-0.2, 0) is 7.05 Å². The van der Waals surface area contributed by atoms with Gasteiger partial charge in [0.15, 0.2) is 5.96 Å². The van der Waals surface area contributed by atoms with Gasteiger partial charge in [-0.1, -0.05) is 29.8 Å². The van der Waals surface area contributed by atoms with E-state index in [0.29, 0.717) is 12.0 Å². The largest absolute Gasteiger partial charge is 0.357 e. The summed E-state index contributed by atoms with van der Waals surface area (Å²) in [5, 5.41) is 7.90. The predicted molar refractivity (Wildman–Crippen MR) is 138 cm³/mol. The van der Waals surface area contributed by atoms with Crippen LogP contribution >= 0.6 is 24.0 Å². The molecule has 2 aliphatic heterocycles. The number of aryl methyl sites for hydroxylation is 2. The van der Waals surface area contributed by atoms with Crippen molar-refractivity contribution in [2.75, 3.05) is 39.3 Å². The van der Waals surface area contributed by atoms with Gasteiger partial charge in [0.05, 0.1) is 18.8 Å². The van der Waals surface area contributed by atoms with E-state index in [4.69, 9.17) is 4.99 Å². The maximum atomic E-state index is 5.14. The molecule has 0 saturated carbocycles. The molecule has 2 saturated heterocycles. The first kappa shape index (κ1) is 24.0. The number of rotatable bonds is 6. The minimum atomic E-state index is 0. The lowest BCUT2D eigenvalue weighted by Gasteiger charge is -2.28. The lowest BCUT2D eigenvalue weighted by Crippen LogP contribution is -2.40. The summed E-state index contributed by atoms with van der Waals surface area (Å²) in [5.41, 5.74) is 4.04. The zero-order valence-electron chi connectivity index (χ0n) is 19.1. The molecule has 0 bridgehead atoms. The highest BCUT2D eigenvalue weighted by Gasteiger charge is 2.28. The van der Waals surface area contributed by atoms with Gasteiger partial charge in [-0.15, -0.1) is 24.0 Å². The van der Waals surface area contributed by atoms with Crippen LogP contribution in [0, 0.1) is 6.92 Å². The van der Waals surface area contributed by atoms with Crippen LogP contribution in [0.3, 0.4) is 0 Å². The van der Waals surface area contributed by atoms with Crippen LogP contribution in [0.25, 0.3) is 0 Å². The molecule has 4 rings (SSSR count). The molecule has 3 heterocycles. The lowest BCUT2D eigenvalue weighted by atomic mass is 10.0. The molecule has 2 atom stereocenters. The highest BCUT2D eigenvalue weighted by molar-refractivity contribution is 14.0. The first-order chi connectivity index (χ1) is 14.6. The number of benzene rings is 1. The average molecular weight is 537 g/mol. The fourth-order valence-electron chi connectivity index (χ4n) is 4.75. The van der Waals surface area contributed by atoms with Gasteiger partial charge >= 0.3 is 0 Å². The second-order valence-corrected chi connectivity index (χ2v) is 8.74. The van der Waals surface area contributed by atoms with Crippen LogP contribution in [0.4, 0.5) is 0 Å². The number of hydrogen-bond acceptors (Lipinski definition) is 3. The van der Waals surface area contributed by atoms with Crippen LogP contribution in [0.15, 0.2) is 41.7 Å². The van der Waals surface area contributed by atoms with Gasteiger partial charge in [0.1, 0.15) is 0 Å². The fourth-order valence-corrected chi connectivity index (χ4v) is 4.75. The number of guanidine groups is 1. The molecule has 31 heavy (non-hydrogen) atoms. The van der Waals surface area contributed by atoms with E-state index in [-0.39, 0.29) is 24.0 Å². The minimum absolute atomic E-state index is 0. The standard InChI is InChI=1S/C24H36N6.HI/c1-4-25-24(30-14-11-21(18-30)22-15-27-28(3)17-22)26-16-23(29-12-5-6-13-29)20-9-7-19(2)8-10-20;/h7-10,15,17,21,23H,4-6,11-14,16,18H2,1-3H3,(H,25,26);1H. The summed E-state index contributed by atoms with van der Waals surface area (Å²) in [6.45, 7) is 10.4. The van der Waals surface area contributed by atoms with Gasteiger partial charge in [0.2, 0.25) is 0 Å². The van der Waals surface area contributed by atoms with Crippen molar-refractivity contribution >= 4 is 29.9 Å². The molecule has 2 unspecified atom stereocenters. The van der Waals surface area contributed by atoms with Crippen molar-refractivity contribution < 1.29 is 0 Å². The molecule has 7 heteroatoms. The second kappa shape index (κ2) is 11.3. The third-order valence-electron chi connectivity index (χ3n) is 6.48. The molecule has 0 aliphatic carbocycles. The SMILES string of the molecule is CCNC(=NCC(c1ccc(C)cc1)N1CCCC1)N1CCC(c2cnn(C)c2)C1.I. The Kier molecular flexibility index (Phi) is 8.77. The highest BCUT2D eigenvalue weighted by atomic mass is 127. The van der Waals surface area contributed by atoms with Gasteiger partial charge < -0.3 is 10.2 Å². The zero-order chi connectivity index (χ0) is 20.9. The summed E-state index contributed by atoms with van der Waals surface area (Å²) >= 11 is 0. The number of halogens is 1. The van der Waals surface area contributed by atoms with E-state index in [2.05, 4.69) is 64.5 Å². The predicted octanol–water partition coefficient (Wildman–Crippen LogP) is 3.94. The minimum Gasteiger partial charge on any atom is -0.357 e. The zero-order valence-corrected chi connectivity index (χ0v) is 21.5. The Labute approximate surface area is 204 Å². The van der Waals surface area contributed by atoms with E-state index in [0.717, 1.165) is 38.6 Å².